The molecule has 1 heterocycles. The average molecular weight is 356 g/mol. The molecule has 0 spiro atoms. The zero-order valence-electron chi connectivity index (χ0n) is 13.3. The van der Waals surface area contributed by atoms with Crippen LogP contribution in [-0.2, 0) is 11.0 Å². The van der Waals surface area contributed by atoms with Crippen molar-refractivity contribution in [1.29, 1.82) is 0 Å². The number of nitrogens with zero attached hydrogens (tertiary/aromatic N) is 1. The van der Waals surface area contributed by atoms with Crippen LogP contribution in [0.2, 0.25) is 0 Å². The van der Waals surface area contributed by atoms with E-state index in [-0.39, 0.29) is 17.4 Å². The highest BCUT2D eigenvalue weighted by Gasteiger charge is 2.14. The first-order chi connectivity index (χ1) is 11.9. The molecule has 0 aliphatic heterocycles. The molecular formula is C17H16N4O3S. The molecule has 2 aromatic carbocycles. The summed E-state index contributed by atoms with van der Waals surface area (Å²) in [4.78, 5) is 12.8. The summed E-state index contributed by atoms with van der Waals surface area (Å²) in [5.74, 6) is -0.290. The quantitative estimate of drug-likeness (QED) is 0.573. The van der Waals surface area contributed by atoms with E-state index in [1.54, 1.807) is 48.5 Å². The Morgan fingerprint density at radius 1 is 1.20 bits per heavy atom. The normalized spacial score (nSPS) is 11.9. The second kappa shape index (κ2) is 6.88. The van der Waals surface area contributed by atoms with Crippen LogP contribution >= 0.6 is 0 Å². The number of nitrogens with one attached hydrogen (secondary N) is 2. The number of aryl methyl sites for hydroxylation is 1. The van der Waals surface area contributed by atoms with Gasteiger partial charge in [0.2, 0.25) is 0 Å². The molecule has 0 fully saturated rings. The van der Waals surface area contributed by atoms with Crippen LogP contribution in [0.5, 0.6) is 5.75 Å². The maximum Gasteiger partial charge on any atom is 0.273 e. The maximum absolute atomic E-state index is 12.3. The molecule has 3 rings (SSSR count). The number of hydrogen-bond acceptors (Lipinski definition) is 4. The van der Waals surface area contributed by atoms with Gasteiger partial charge in [-0.25, -0.2) is 9.35 Å². The first-order valence-corrected chi connectivity index (χ1v) is 8.58. The van der Waals surface area contributed by atoms with E-state index in [0.717, 1.165) is 5.56 Å². The highest BCUT2D eigenvalue weighted by atomic mass is 32.2. The van der Waals surface area contributed by atoms with Crippen molar-refractivity contribution in [2.75, 3.05) is 5.32 Å². The van der Waals surface area contributed by atoms with Gasteiger partial charge in [-0.15, -0.1) is 0 Å². The van der Waals surface area contributed by atoms with E-state index in [1.807, 2.05) is 6.92 Å². The lowest BCUT2D eigenvalue weighted by Gasteiger charge is -2.04. The van der Waals surface area contributed by atoms with E-state index in [2.05, 4.69) is 15.5 Å². The lowest BCUT2D eigenvalue weighted by atomic mass is 10.1. The number of aromatic amines is 1. The van der Waals surface area contributed by atoms with Crippen molar-refractivity contribution >= 4 is 22.6 Å². The number of benzene rings is 2. The van der Waals surface area contributed by atoms with E-state index >= 15 is 0 Å². The van der Waals surface area contributed by atoms with Gasteiger partial charge in [-0.3, -0.25) is 9.89 Å². The van der Waals surface area contributed by atoms with E-state index in [1.165, 1.54) is 0 Å². The molecule has 1 aromatic heterocycles. The number of phenols is 1. The fourth-order valence-electron chi connectivity index (χ4n) is 2.30. The fourth-order valence-corrected chi connectivity index (χ4v) is 2.71. The van der Waals surface area contributed by atoms with Crippen LogP contribution in [0.4, 0.5) is 5.69 Å². The number of H-pyrrole nitrogens is 1. The second-order valence-corrected chi connectivity index (χ2v) is 6.53. The van der Waals surface area contributed by atoms with Crippen molar-refractivity contribution < 1.29 is 14.1 Å². The van der Waals surface area contributed by atoms with Gasteiger partial charge in [-0.2, -0.15) is 5.10 Å². The van der Waals surface area contributed by atoms with Gasteiger partial charge in [0, 0.05) is 11.3 Å². The Hall–Kier alpha value is -2.97. The number of carbonyl (C=O) groups is 1. The predicted octanol–water partition coefficient (Wildman–Crippen LogP) is 2.32. The third-order valence-corrected chi connectivity index (χ3v) is 4.33. The standard InChI is InChI=1S/C17H16N4O3S/c1-10-2-7-16(22)13(8-10)14-9-15(21-20-14)17(23)19-11-3-5-12(6-4-11)25(18)24/h2-9,22H,18H2,1H3,(H,19,23)(H,20,21). The van der Waals surface area contributed by atoms with Crippen molar-refractivity contribution in [2.45, 2.75) is 11.8 Å². The van der Waals surface area contributed by atoms with E-state index in [0.29, 0.717) is 21.8 Å². The number of nitrogens with two attached hydrogens (primary N) is 1. The van der Waals surface area contributed by atoms with Crippen LogP contribution in [0.3, 0.4) is 0 Å². The van der Waals surface area contributed by atoms with Crippen LogP contribution in [0, 0.1) is 6.92 Å². The third kappa shape index (κ3) is 3.76. The molecule has 25 heavy (non-hydrogen) atoms. The molecule has 8 heteroatoms. The minimum atomic E-state index is -1.56. The Bertz CT molecular complexity index is 951. The SMILES string of the molecule is Cc1ccc(O)c(-c2cc(C(=O)Nc3ccc(S(N)=O)cc3)[nH]n2)c1. The topological polar surface area (TPSA) is 121 Å². The van der Waals surface area contributed by atoms with Crippen molar-refractivity contribution in [3.05, 3.63) is 59.8 Å². The zero-order valence-corrected chi connectivity index (χ0v) is 14.1. The zero-order chi connectivity index (χ0) is 18.0. The summed E-state index contributed by atoms with van der Waals surface area (Å²) in [7, 11) is -1.56. The molecule has 128 valence electrons. The Labute approximate surface area is 146 Å². The number of carbonyl (C=O) groups excluding carboxylic acids is 1. The maximum atomic E-state index is 12.3. The summed E-state index contributed by atoms with van der Waals surface area (Å²) >= 11 is 0. The predicted molar refractivity (Wildman–Crippen MR) is 95.4 cm³/mol. The summed E-state index contributed by atoms with van der Waals surface area (Å²) < 4.78 is 11.2. The van der Waals surface area contributed by atoms with Crippen molar-refractivity contribution in [3.63, 3.8) is 0 Å². The monoisotopic (exact) mass is 356 g/mol. The van der Waals surface area contributed by atoms with E-state index in [9.17, 15) is 14.1 Å². The molecule has 5 N–H and O–H groups in total. The highest BCUT2D eigenvalue weighted by Crippen LogP contribution is 2.29. The molecule has 7 nitrogen and oxygen atoms in total. The van der Waals surface area contributed by atoms with Crippen LogP contribution in [0.15, 0.2) is 53.4 Å². The first-order valence-electron chi connectivity index (χ1n) is 7.37. The Balaban J connectivity index is 1.78. The summed E-state index contributed by atoms with van der Waals surface area (Å²) in [5.41, 5.74) is 2.78. The molecule has 0 saturated carbocycles. The number of anilines is 1. The summed E-state index contributed by atoms with van der Waals surface area (Å²) in [6.45, 7) is 1.90. The lowest BCUT2D eigenvalue weighted by Crippen LogP contribution is -2.12. The Kier molecular flexibility index (Phi) is 4.64. The molecule has 0 radical (unpaired) electrons. The largest absolute Gasteiger partial charge is 0.507 e. The van der Waals surface area contributed by atoms with Gasteiger partial charge in [-0.1, -0.05) is 11.6 Å². The van der Waals surface area contributed by atoms with Crippen molar-refractivity contribution in [3.8, 4) is 17.0 Å². The number of amides is 1. The molecule has 0 aliphatic carbocycles. The highest BCUT2D eigenvalue weighted by molar-refractivity contribution is 7.82. The lowest BCUT2D eigenvalue weighted by molar-refractivity contribution is 0.102. The van der Waals surface area contributed by atoms with E-state index < -0.39 is 11.0 Å². The summed E-state index contributed by atoms with van der Waals surface area (Å²) in [6, 6.07) is 13.1. The Morgan fingerprint density at radius 2 is 1.92 bits per heavy atom. The van der Waals surface area contributed by atoms with E-state index in [4.69, 9.17) is 5.14 Å². The van der Waals surface area contributed by atoms with Gasteiger partial charge in [0.1, 0.15) is 22.4 Å². The number of hydrogen-bond donors (Lipinski definition) is 4. The van der Waals surface area contributed by atoms with Crippen LogP contribution in [-0.4, -0.2) is 25.4 Å². The third-order valence-electron chi connectivity index (χ3n) is 3.59. The number of aromatic hydroxyl groups is 1. The van der Waals surface area contributed by atoms with Crippen molar-refractivity contribution in [1.82, 2.24) is 10.2 Å². The minimum Gasteiger partial charge on any atom is -0.507 e. The van der Waals surface area contributed by atoms with Crippen LogP contribution < -0.4 is 10.5 Å². The molecule has 3 aromatic rings. The second-order valence-electron chi connectivity index (χ2n) is 5.46. The Morgan fingerprint density at radius 3 is 2.60 bits per heavy atom. The number of aromatic nitrogens is 2. The first kappa shape index (κ1) is 16.9. The molecular weight excluding hydrogens is 340 g/mol. The van der Waals surface area contributed by atoms with Crippen LogP contribution in [0.25, 0.3) is 11.3 Å². The van der Waals surface area contributed by atoms with Gasteiger partial charge >= 0.3 is 0 Å². The summed E-state index contributed by atoms with van der Waals surface area (Å²) in [6.07, 6.45) is 0. The van der Waals surface area contributed by atoms with Gasteiger partial charge in [0.05, 0.1) is 10.6 Å². The summed E-state index contributed by atoms with van der Waals surface area (Å²) in [5, 5.41) is 24.7. The smallest absolute Gasteiger partial charge is 0.273 e. The molecule has 1 atom stereocenters. The van der Waals surface area contributed by atoms with Gasteiger partial charge in [-0.05, 0) is 49.4 Å². The number of phenolic OH excluding ortho intramolecular Hbond substituents is 1. The van der Waals surface area contributed by atoms with Crippen LogP contribution in [0.1, 0.15) is 16.1 Å². The van der Waals surface area contributed by atoms with Gasteiger partial charge in [0.25, 0.3) is 5.91 Å². The van der Waals surface area contributed by atoms with Gasteiger partial charge < -0.3 is 10.4 Å². The molecule has 0 saturated heterocycles. The molecule has 1 amide bonds. The average Bonchev–Trinajstić information content (AvgIpc) is 3.07. The molecule has 1 unspecified atom stereocenters. The van der Waals surface area contributed by atoms with Gasteiger partial charge in [0.15, 0.2) is 0 Å². The number of rotatable bonds is 4. The van der Waals surface area contributed by atoms with Crippen molar-refractivity contribution in [2.24, 2.45) is 5.14 Å². The minimum absolute atomic E-state index is 0.0921. The fraction of sp³-hybridized carbons (Fsp3) is 0.0588. The molecule has 0 aliphatic rings. The molecule has 0 bridgehead atoms.